The van der Waals surface area contributed by atoms with Crippen LogP contribution in [0.5, 0.6) is 0 Å². The highest BCUT2D eigenvalue weighted by molar-refractivity contribution is 6.35. The summed E-state index contributed by atoms with van der Waals surface area (Å²) in [6, 6.07) is 1.38. The molecule has 0 aromatic carbocycles. The molecule has 1 rings (SSSR count). The average molecular weight is 304 g/mol. The van der Waals surface area contributed by atoms with Gasteiger partial charge >= 0.3 is 0 Å². The second-order valence-corrected chi connectivity index (χ2v) is 5.33. The molecule has 1 aromatic heterocycles. The Morgan fingerprint density at radius 3 is 2.58 bits per heavy atom. The Balaban J connectivity index is 3.03. The van der Waals surface area contributed by atoms with E-state index in [9.17, 15) is 9.59 Å². The first-order valence-corrected chi connectivity index (χ1v) is 6.45. The molecule has 0 saturated carbocycles. The van der Waals surface area contributed by atoms with Gasteiger partial charge in [0.15, 0.2) is 0 Å². The third-order valence-electron chi connectivity index (χ3n) is 2.27. The average Bonchev–Trinajstić information content (AvgIpc) is 2.29. The Kier molecular flexibility index (Phi) is 5.57. The summed E-state index contributed by atoms with van der Waals surface area (Å²) in [6.07, 6.45) is 1.30. The van der Waals surface area contributed by atoms with Gasteiger partial charge < -0.3 is 10.6 Å². The number of carbonyl (C=O) groups is 2. The van der Waals surface area contributed by atoms with Gasteiger partial charge in [0.2, 0.25) is 5.91 Å². The number of nitrogens with two attached hydrogens (primary N) is 1. The zero-order chi connectivity index (χ0) is 14.6. The molecular weight excluding hydrogens is 289 g/mol. The molecule has 0 radical (unpaired) electrons. The fourth-order valence-electron chi connectivity index (χ4n) is 1.60. The van der Waals surface area contributed by atoms with Gasteiger partial charge in [0.1, 0.15) is 5.15 Å². The molecule has 5 nitrogen and oxygen atoms in total. The van der Waals surface area contributed by atoms with Gasteiger partial charge in [-0.2, -0.15) is 0 Å². The van der Waals surface area contributed by atoms with E-state index >= 15 is 0 Å². The van der Waals surface area contributed by atoms with Crippen molar-refractivity contribution in [2.75, 3.05) is 13.1 Å². The van der Waals surface area contributed by atoms with E-state index in [1.807, 2.05) is 13.8 Å². The number of primary amides is 1. The number of halogens is 2. The van der Waals surface area contributed by atoms with Gasteiger partial charge in [0, 0.05) is 12.7 Å². The number of aromatic nitrogens is 1. The molecule has 2 amide bonds. The first kappa shape index (κ1) is 15.7. The van der Waals surface area contributed by atoms with Crippen LogP contribution >= 0.6 is 23.2 Å². The maximum Gasteiger partial charge on any atom is 0.256 e. The molecule has 2 N–H and O–H groups in total. The Morgan fingerprint density at radius 2 is 2.05 bits per heavy atom. The van der Waals surface area contributed by atoms with E-state index in [0.717, 1.165) is 0 Å². The minimum atomic E-state index is -0.578. The summed E-state index contributed by atoms with van der Waals surface area (Å²) >= 11 is 11.7. The largest absolute Gasteiger partial charge is 0.368 e. The van der Waals surface area contributed by atoms with Gasteiger partial charge in [-0.25, -0.2) is 4.98 Å². The maximum absolute atomic E-state index is 12.3. The molecule has 1 aromatic rings. The van der Waals surface area contributed by atoms with E-state index in [0.29, 0.717) is 6.54 Å². The molecule has 0 aliphatic heterocycles. The van der Waals surface area contributed by atoms with Crippen LogP contribution in [0.15, 0.2) is 12.3 Å². The lowest BCUT2D eigenvalue weighted by Gasteiger charge is -2.23. The first-order valence-electron chi connectivity index (χ1n) is 5.70. The maximum atomic E-state index is 12.3. The van der Waals surface area contributed by atoms with Crippen molar-refractivity contribution in [3.63, 3.8) is 0 Å². The van der Waals surface area contributed by atoms with E-state index < -0.39 is 5.91 Å². The van der Waals surface area contributed by atoms with E-state index in [-0.39, 0.29) is 34.1 Å². The van der Waals surface area contributed by atoms with Crippen LogP contribution in [0.25, 0.3) is 0 Å². The Bertz CT molecular complexity index is 492. The van der Waals surface area contributed by atoms with Crippen molar-refractivity contribution in [1.29, 1.82) is 0 Å². The first-order chi connectivity index (χ1) is 8.81. The van der Waals surface area contributed by atoms with E-state index in [1.54, 1.807) is 0 Å². The van der Waals surface area contributed by atoms with Crippen LogP contribution in [-0.2, 0) is 4.79 Å². The molecule has 1 heterocycles. The SMILES string of the molecule is CC(C)CN(CC(N)=O)C(=O)c1cc(Cl)ncc1Cl. The summed E-state index contributed by atoms with van der Waals surface area (Å²) in [5.41, 5.74) is 5.36. The van der Waals surface area contributed by atoms with Crippen molar-refractivity contribution in [1.82, 2.24) is 9.88 Å². The standard InChI is InChI=1S/C12H15Cl2N3O2/c1-7(2)5-17(6-11(15)18)12(19)8-3-10(14)16-4-9(8)13/h3-4,7H,5-6H2,1-2H3,(H2,15,18). The Labute approximate surface area is 121 Å². The fraction of sp³-hybridized carbons (Fsp3) is 0.417. The lowest BCUT2D eigenvalue weighted by molar-refractivity contribution is -0.118. The van der Waals surface area contributed by atoms with E-state index in [4.69, 9.17) is 28.9 Å². The quantitative estimate of drug-likeness (QED) is 0.845. The van der Waals surface area contributed by atoms with Crippen LogP contribution in [0.4, 0.5) is 0 Å². The van der Waals surface area contributed by atoms with Crippen LogP contribution in [0.2, 0.25) is 10.2 Å². The molecule has 0 fully saturated rings. The molecular formula is C12H15Cl2N3O2. The van der Waals surface area contributed by atoms with Crippen molar-refractivity contribution >= 4 is 35.0 Å². The van der Waals surface area contributed by atoms with Gasteiger partial charge in [-0.1, -0.05) is 37.0 Å². The molecule has 0 aliphatic carbocycles. The topological polar surface area (TPSA) is 76.3 Å². The van der Waals surface area contributed by atoms with E-state index in [1.165, 1.54) is 17.2 Å². The lowest BCUT2D eigenvalue weighted by atomic mass is 10.1. The summed E-state index contributed by atoms with van der Waals surface area (Å²) in [6.45, 7) is 4.11. The van der Waals surface area contributed by atoms with Gasteiger partial charge in [0.25, 0.3) is 5.91 Å². The van der Waals surface area contributed by atoms with Gasteiger partial charge in [0.05, 0.1) is 17.1 Å². The third-order valence-corrected chi connectivity index (χ3v) is 2.78. The van der Waals surface area contributed by atoms with Crippen molar-refractivity contribution in [3.05, 3.63) is 28.0 Å². The minimum absolute atomic E-state index is 0.159. The van der Waals surface area contributed by atoms with Crippen LogP contribution in [-0.4, -0.2) is 34.8 Å². The van der Waals surface area contributed by atoms with Crippen LogP contribution < -0.4 is 5.73 Å². The number of hydrogen-bond donors (Lipinski definition) is 1. The van der Waals surface area contributed by atoms with Crippen molar-refractivity contribution in [2.45, 2.75) is 13.8 Å². The zero-order valence-corrected chi connectivity index (χ0v) is 12.2. The monoisotopic (exact) mass is 303 g/mol. The summed E-state index contributed by atoms with van der Waals surface area (Å²) in [7, 11) is 0. The van der Waals surface area contributed by atoms with Crippen molar-refractivity contribution in [2.24, 2.45) is 11.7 Å². The number of nitrogens with zero attached hydrogens (tertiary/aromatic N) is 2. The number of amides is 2. The second kappa shape index (κ2) is 6.73. The Hall–Kier alpha value is -1.33. The van der Waals surface area contributed by atoms with Crippen LogP contribution in [0, 0.1) is 5.92 Å². The predicted molar refractivity (Wildman–Crippen MR) is 74.2 cm³/mol. The molecule has 0 spiro atoms. The summed E-state index contributed by atoms with van der Waals surface area (Å²) in [5, 5.41) is 0.351. The number of hydrogen-bond acceptors (Lipinski definition) is 3. The molecule has 0 atom stereocenters. The highest BCUT2D eigenvalue weighted by Gasteiger charge is 2.21. The van der Waals surface area contributed by atoms with Gasteiger partial charge in [-0.15, -0.1) is 0 Å². The number of rotatable bonds is 5. The van der Waals surface area contributed by atoms with E-state index in [2.05, 4.69) is 4.98 Å². The normalized spacial score (nSPS) is 10.6. The lowest BCUT2D eigenvalue weighted by Crippen LogP contribution is -2.40. The summed E-state index contributed by atoms with van der Waals surface area (Å²) < 4.78 is 0. The third kappa shape index (κ3) is 4.69. The Morgan fingerprint density at radius 1 is 1.42 bits per heavy atom. The highest BCUT2D eigenvalue weighted by atomic mass is 35.5. The molecule has 0 bridgehead atoms. The highest BCUT2D eigenvalue weighted by Crippen LogP contribution is 2.20. The number of pyridine rings is 1. The van der Waals surface area contributed by atoms with Gasteiger partial charge in [-0.05, 0) is 12.0 Å². The smallest absolute Gasteiger partial charge is 0.256 e. The van der Waals surface area contributed by atoms with Crippen molar-refractivity contribution in [3.8, 4) is 0 Å². The molecule has 0 aliphatic rings. The molecule has 0 unspecified atom stereocenters. The second-order valence-electron chi connectivity index (χ2n) is 4.53. The molecule has 0 saturated heterocycles. The summed E-state index contributed by atoms with van der Waals surface area (Å²) in [4.78, 5) is 28.5. The van der Waals surface area contributed by atoms with Crippen LogP contribution in [0.1, 0.15) is 24.2 Å². The zero-order valence-electron chi connectivity index (χ0n) is 10.7. The summed E-state index contributed by atoms with van der Waals surface area (Å²) in [5.74, 6) is -0.772. The fourth-order valence-corrected chi connectivity index (χ4v) is 1.94. The molecule has 7 heteroatoms. The van der Waals surface area contributed by atoms with Crippen molar-refractivity contribution < 1.29 is 9.59 Å². The van der Waals surface area contributed by atoms with Crippen LogP contribution in [0.3, 0.4) is 0 Å². The minimum Gasteiger partial charge on any atom is -0.368 e. The number of carbonyl (C=O) groups excluding carboxylic acids is 2. The van der Waals surface area contributed by atoms with Gasteiger partial charge in [-0.3, -0.25) is 9.59 Å². The molecule has 19 heavy (non-hydrogen) atoms. The molecule has 104 valence electrons. The predicted octanol–water partition coefficient (Wildman–Crippen LogP) is 1.97.